The van der Waals surface area contributed by atoms with Gasteiger partial charge in [0.25, 0.3) is 11.5 Å². The Balaban J connectivity index is 0.842. The molecular formula is C45H61N10O14P2S+. The number of unbranched alkanes of at least 4 members (excludes halogenated alkanes) is 2. The smallest absolute Gasteiger partial charge is 0.391 e. The Labute approximate surface area is 417 Å². The van der Waals surface area contributed by atoms with Crippen LogP contribution in [0, 0.1) is 12.3 Å². The monoisotopic (exact) mass is 1060 g/mol. The first-order valence-corrected chi connectivity index (χ1v) is 27.1. The fraction of sp³-hybridized carbons (Fsp3) is 0.489. The lowest BCUT2D eigenvalue weighted by atomic mass is 9.85. The van der Waals surface area contributed by atoms with Gasteiger partial charge >= 0.3 is 21.2 Å². The second-order valence-electron chi connectivity index (χ2n) is 18.8. The number of phosphoric ester groups is 1. The number of nitrogens with zero attached hydrogens (tertiary/aromatic N) is 5. The molecule has 0 saturated carbocycles. The molecule has 3 unspecified atom stereocenters. The van der Waals surface area contributed by atoms with Crippen molar-refractivity contribution in [3.63, 3.8) is 0 Å². The third kappa shape index (κ3) is 13.5. The number of aromatic amines is 1. The van der Waals surface area contributed by atoms with Gasteiger partial charge in [0.05, 0.1) is 35.3 Å². The van der Waals surface area contributed by atoms with E-state index < -0.39 is 93.6 Å². The number of fused-ring (bicyclic) bond motifs is 1. The normalized spacial score (nSPS) is 22.4. The number of β-amino-alcohol motifs (C(OH)–C–C–N with tert-alkyl or cyclic N) is 1. The van der Waals surface area contributed by atoms with Crippen LogP contribution < -0.4 is 31.6 Å². The van der Waals surface area contributed by atoms with Gasteiger partial charge in [0.1, 0.15) is 30.4 Å². The Kier molecular flexibility index (Phi) is 17.3. The Bertz CT molecular complexity index is 2880. The molecule has 5 heterocycles. The number of amides is 3. The highest BCUT2D eigenvalue weighted by Gasteiger charge is 2.49. The molecule has 9 atom stereocenters. The minimum absolute atomic E-state index is 0.00686. The number of nitrogens with two attached hydrogens (primary N) is 1. The molecule has 3 aromatic heterocycles. The van der Waals surface area contributed by atoms with Crippen LogP contribution in [-0.2, 0) is 50.2 Å². The van der Waals surface area contributed by atoms with Gasteiger partial charge in [-0.25, -0.2) is 23.8 Å². The zero-order valence-electron chi connectivity index (χ0n) is 40.0. The summed E-state index contributed by atoms with van der Waals surface area (Å²) in [6, 6.07) is 14.8. The van der Waals surface area contributed by atoms with Crippen molar-refractivity contribution in [2.45, 2.75) is 116 Å². The molecule has 72 heavy (non-hydrogen) atoms. The largest absolute Gasteiger partial charge is 0.480 e. The third-order valence-electron chi connectivity index (χ3n) is 12.2. The first-order chi connectivity index (χ1) is 34.0. The number of H-pyrrole nitrogens is 1. The summed E-state index contributed by atoms with van der Waals surface area (Å²) in [5, 5.41) is 40.2. The lowest BCUT2D eigenvalue weighted by Crippen LogP contribution is -2.57. The second kappa shape index (κ2) is 22.9. The molecule has 390 valence electrons. The number of nitrogens with one attached hydrogen (secondary N) is 4. The lowest BCUT2D eigenvalue weighted by molar-refractivity contribution is -0.745. The maximum atomic E-state index is 14.0. The lowest BCUT2D eigenvalue weighted by Gasteiger charge is -2.35. The zero-order valence-corrected chi connectivity index (χ0v) is 42.6. The van der Waals surface area contributed by atoms with Gasteiger partial charge in [-0.05, 0) is 41.9 Å². The Morgan fingerprint density at radius 2 is 1.75 bits per heavy atom. The van der Waals surface area contributed by atoms with Crippen molar-refractivity contribution in [1.29, 1.82) is 0 Å². The van der Waals surface area contributed by atoms with E-state index in [4.69, 9.17) is 15.0 Å². The first kappa shape index (κ1) is 54.5. The van der Waals surface area contributed by atoms with Crippen molar-refractivity contribution >= 4 is 61.7 Å². The van der Waals surface area contributed by atoms with Crippen LogP contribution in [0.15, 0.2) is 71.2 Å². The summed E-state index contributed by atoms with van der Waals surface area (Å²) in [5.74, 6) is -1.63. The summed E-state index contributed by atoms with van der Waals surface area (Å²) in [6.07, 6.45) is -4.89. The summed E-state index contributed by atoms with van der Waals surface area (Å²) >= 11 is 1.54. The molecule has 7 rings (SSSR count). The number of phosphoric acid groups is 1. The van der Waals surface area contributed by atoms with Gasteiger partial charge in [-0.15, -0.1) is 11.3 Å². The summed E-state index contributed by atoms with van der Waals surface area (Å²) < 4.78 is 43.7. The third-order valence-corrected chi connectivity index (χ3v) is 16.0. The van der Waals surface area contributed by atoms with Crippen LogP contribution in [0.3, 0.4) is 0 Å². The highest BCUT2D eigenvalue weighted by molar-refractivity contribution is 7.62. The molecule has 2 saturated heterocycles. The number of aromatic nitrogens is 5. The number of thiazole rings is 1. The summed E-state index contributed by atoms with van der Waals surface area (Å²) in [5.41, 5.74) is 9.93. The molecule has 5 aromatic rings. The maximum Gasteiger partial charge on any atom is 0.480 e. The number of benzene rings is 2. The topological polar surface area (TPSA) is 347 Å². The molecular weight excluding hydrogens is 999 g/mol. The Morgan fingerprint density at radius 3 is 2.43 bits per heavy atom. The Hall–Kier alpha value is -5.27. The van der Waals surface area contributed by atoms with Crippen molar-refractivity contribution in [2.75, 3.05) is 25.4 Å². The second-order valence-corrected chi connectivity index (χ2v) is 22.9. The SMILES string of the molecule is Cc1ncsc1-c1ccc(CNC(=O)C2C[C@H](O)CN2C(=O)[C@@H](NC(=O)CCCCCNP(=O)(O)OP(=O)(O)OC[C@H]2O[C@@H]([n+]3cn(Cc4ccccc4)c4c(=O)[nH]c(N)nc43)[C@H](O)[C@@H]2O)C(C)(C)C)cc1. The summed E-state index contributed by atoms with van der Waals surface area (Å²) in [4.78, 5) is 87.6. The van der Waals surface area contributed by atoms with Crippen LogP contribution in [-0.4, -0.2) is 123 Å². The van der Waals surface area contributed by atoms with Gasteiger partial charge < -0.3 is 51.1 Å². The molecule has 0 radical (unpaired) electrons. The molecule has 0 spiro atoms. The number of aryl methyl sites for hydroxylation is 1. The number of likely N-dealkylation sites (tertiary alicyclic amines) is 1. The molecule has 24 nitrogen and oxygen atoms in total. The van der Waals surface area contributed by atoms with E-state index in [1.54, 1.807) is 30.8 Å². The van der Waals surface area contributed by atoms with Crippen LogP contribution in [0.25, 0.3) is 21.6 Å². The number of rotatable bonds is 21. The molecule has 2 aliphatic heterocycles. The number of carbonyl (C=O) groups is 3. The first-order valence-electron chi connectivity index (χ1n) is 23.2. The quantitative estimate of drug-likeness (QED) is 0.0285. The fourth-order valence-corrected chi connectivity index (χ4v) is 11.7. The molecule has 11 N–H and O–H groups in total. The fourth-order valence-electron chi connectivity index (χ4n) is 8.54. The predicted octanol–water partition coefficient (Wildman–Crippen LogP) is 1.89. The minimum Gasteiger partial charge on any atom is -0.391 e. The number of ether oxygens (including phenoxy) is 1. The van der Waals surface area contributed by atoms with Gasteiger partial charge in [-0.1, -0.05) is 86.8 Å². The van der Waals surface area contributed by atoms with Gasteiger partial charge in [0.15, 0.2) is 6.33 Å². The highest BCUT2D eigenvalue weighted by Crippen LogP contribution is 2.58. The number of hydrogen-bond donors (Lipinski definition) is 10. The van der Waals surface area contributed by atoms with E-state index in [2.05, 4.69) is 35.0 Å². The Morgan fingerprint density at radius 1 is 1.03 bits per heavy atom. The number of anilines is 1. The van der Waals surface area contributed by atoms with E-state index in [0.29, 0.717) is 6.42 Å². The molecule has 3 amide bonds. The number of aliphatic hydroxyl groups excluding tert-OH is 3. The predicted molar refractivity (Wildman–Crippen MR) is 261 cm³/mol. The van der Waals surface area contributed by atoms with Crippen molar-refractivity contribution in [2.24, 2.45) is 5.41 Å². The van der Waals surface area contributed by atoms with E-state index in [1.807, 2.05) is 61.5 Å². The van der Waals surface area contributed by atoms with Crippen molar-refractivity contribution in [1.82, 2.24) is 40.1 Å². The molecule has 27 heteroatoms. The van der Waals surface area contributed by atoms with E-state index in [1.165, 1.54) is 27.1 Å². The van der Waals surface area contributed by atoms with Crippen LogP contribution in [0.2, 0.25) is 0 Å². The zero-order chi connectivity index (χ0) is 52.1. The van der Waals surface area contributed by atoms with Crippen LogP contribution >= 0.6 is 26.9 Å². The van der Waals surface area contributed by atoms with Gasteiger partial charge in [0.2, 0.25) is 29.5 Å². The molecule has 0 bridgehead atoms. The molecule has 2 fully saturated rings. The number of carbonyl (C=O) groups excluding carboxylic acids is 3. The molecule has 0 aliphatic carbocycles. The number of nitrogen functional groups attached to an aromatic ring is 1. The van der Waals surface area contributed by atoms with Crippen molar-refractivity contribution in [3.05, 3.63) is 93.6 Å². The average molecular weight is 1060 g/mol. The van der Waals surface area contributed by atoms with E-state index in [0.717, 1.165) is 27.3 Å². The van der Waals surface area contributed by atoms with Gasteiger partial charge in [-0.3, -0.25) is 33.3 Å². The summed E-state index contributed by atoms with van der Waals surface area (Å²) in [6.45, 7) is 6.50. The van der Waals surface area contributed by atoms with E-state index in [9.17, 15) is 53.4 Å². The molecule has 2 aliphatic rings. The highest BCUT2D eigenvalue weighted by atomic mass is 32.1. The molecule has 2 aromatic carbocycles. The summed E-state index contributed by atoms with van der Waals surface area (Å²) in [7, 11) is -10.3. The number of hydrogen-bond acceptors (Lipinski definition) is 16. The standard InChI is InChI=1S/C45H60N10O14P2S/c1-26-37(72-24-48-26)29-16-14-27(15-17-29)20-47-40(60)31-19-30(56)22-54(31)42(62)38(45(2,3)4)50-33(57)13-9-6-10-18-49-70(63,64)69-71(65,66)67-23-32-35(58)36(59)43(68-32)55-25-53(21-28-11-7-5-8-12-28)34-39(55)51-44(46)52-41(34)61/h5,7-8,11-12,14-17,24-25,30-32,35-36,38,43,56,58-59H,6,9-10,13,18-23H2,1-4H3,(H7-,46,47,49,50,51,52,57,60,61,63,64,65,66)/p+1/t30-,31?,32+,35+,36+,38+,43+/m0/s1. The van der Waals surface area contributed by atoms with Crippen LogP contribution in [0.5, 0.6) is 0 Å². The van der Waals surface area contributed by atoms with Gasteiger partial charge in [0, 0.05) is 32.5 Å². The number of aliphatic hydroxyl groups is 3. The van der Waals surface area contributed by atoms with E-state index >= 15 is 0 Å². The average Bonchev–Trinajstić information content (AvgIpc) is 4.09. The van der Waals surface area contributed by atoms with E-state index in [-0.39, 0.29) is 69.0 Å². The minimum atomic E-state index is -5.30. The van der Waals surface area contributed by atoms with Crippen LogP contribution in [0.4, 0.5) is 5.95 Å². The maximum absolute atomic E-state index is 14.0. The van der Waals surface area contributed by atoms with Crippen molar-refractivity contribution in [3.8, 4) is 10.4 Å². The van der Waals surface area contributed by atoms with Crippen LogP contribution in [0.1, 0.15) is 75.9 Å². The number of imidazole rings is 1. The van der Waals surface area contributed by atoms with Crippen molar-refractivity contribution < 1.29 is 66.8 Å². The van der Waals surface area contributed by atoms with Gasteiger partial charge in [-0.2, -0.15) is 4.31 Å².